The van der Waals surface area contributed by atoms with Gasteiger partial charge in [-0.2, -0.15) is 0 Å². The Balaban J connectivity index is 2.28. The quantitative estimate of drug-likeness (QED) is 0.737. The highest BCUT2D eigenvalue weighted by Crippen LogP contribution is 2.18. The molecular weight excluding hydrogens is 210 g/mol. The van der Waals surface area contributed by atoms with Crippen LogP contribution >= 0.6 is 0 Å². The molecule has 1 saturated heterocycles. The Bertz CT molecular complexity index is 188. The summed E-state index contributed by atoms with van der Waals surface area (Å²) in [5.41, 5.74) is 5.89. The number of nitrogens with two attached hydrogens (primary N) is 1. The van der Waals surface area contributed by atoms with Crippen molar-refractivity contribution in [2.45, 2.75) is 45.1 Å². The lowest BCUT2D eigenvalue weighted by molar-refractivity contribution is 0.146. The fourth-order valence-electron chi connectivity index (χ4n) is 2.76. The number of hydrogen-bond donors (Lipinski definition) is 1. The standard InChI is InChI=1S/C14H31N3/c1-4-5-6-14(11-15)17(3)12-13-7-9-16(2)10-8-13/h13-14H,4-12,15H2,1-3H3. The molecule has 1 unspecified atom stereocenters. The van der Waals surface area contributed by atoms with Gasteiger partial charge < -0.3 is 15.5 Å². The molecule has 0 aromatic carbocycles. The van der Waals surface area contributed by atoms with Crippen molar-refractivity contribution < 1.29 is 0 Å². The van der Waals surface area contributed by atoms with Crippen molar-refractivity contribution in [3.8, 4) is 0 Å². The first-order valence-electron chi connectivity index (χ1n) is 7.26. The Kier molecular flexibility index (Phi) is 7.09. The van der Waals surface area contributed by atoms with E-state index in [0.29, 0.717) is 6.04 Å². The monoisotopic (exact) mass is 241 g/mol. The fourth-order valence-corrected chi connectivity index (χ4v) is 2.76. The first-order chi connectivity index (χ1) is 8.17. The number of likely N-dealkylation sites (tertiary alicyclic amines) is 1. The first-order valence-corrected chi connectivity index (χ1v) is 7.26. The second kappa shape index (κ2) is 8.06. The largest absolute Gasteiger partial charge is 0.329 e. The molecule has 3 heteroatoms. The SMILES string of the molecule is CCCCC(CN)N(C)CC1CCN(C)CC1. The Morgan fingerprint density at radius 2 is 2.00 bits per heavy atom. The van der Waals surface area contributed by atoms with Crippen molar-refractivity contribution in [3.63, 3.8) is 0 Å². The smallest absolute Gasteiger partial charge is 0.0215 e. The van der Waals surface area contributed by atoms with E-state index >= 15 is 0 Å². The van der Waals surface area contributed by atoms with Crippen LogP contribution in [0.25, 0.3) is 0 Å². The van der Waals surface area contributed by atoms with Crippen LogP contribution in [0.4, 0.5) is 0 Å². The van der Waals surface area contributed by atoms with Crippen LogP contribution in [0.3, 0.4) is 0 Å². The average molecular weight is 241 g/mol. The molecule has 17 heavy (non-hydrogen) atoms. The van der Waals surface area contributed by atoms with Gasteiger partial charge in [-0.15, -0.1) is 0 Å². The lowest BCUT2D eigenvalue weighted by Crippen LogP contribution is -2.42. The van der Waals surface area contributed by atoms with E-state index in [0.717, 1.165) is 12.5 Å². The van der Waals surface area contributed by atoms with Crippen molar-refractivity contribution in [1.29, 1.82) is 0 Å². The van der Waals surface area contributed by atoms with Crippen molar-refractivity contribution >= 4 is 0 Å². The number of unbranched alkanes of at least 4 members (excludes halogenated alkanes) is 1. The minimum atomic E-state index is 0.592. The number of hydrogen-bond acceptors (Lipinski definition) is 3. The molecular formula is C14H31N3. The number of rotatable bonds is 7. The topological polar surface area (TPSA) is 32.5 Å². The summed E-state index contributed by atoms with van der Waals surface area (Å²) in [6, 6.07) is 0.592. The van der Waals surface area contributed by atoms with Gasteiger partial charge in [-0.05, 0) is 52.4 Å². The van der Waals surface area contributed by atoms with Crippen LogP contribution in [0.15, 0.2) is 0 Å². The maximum atomic E-state index is 5.89. The minimum Gasteiger partial charge on any atom is -0.329 e. The maximum Gasteiger partial charge on any atom is 0.0215 e. The average Bonchev–Trinajstić information content (AvgIpc) is 2.33. The van der Waals surface area contributed by atoms with Gasteiger partial charge in [0, 0.05) is 19.1 Å². The third-order valence-corrected chi connectivity index (χ3v) is 4.17. The predicted octanol–water partition coefficient (Wildman–Crippen LogP) is 1.78. The zero-order valence-corrected chi connectivity index (χ0v) is 12.0. The lowest BCUT2D eigenvalue weighted by Gasteiger charge is -2.34. The number of likely N-dealkylation sites (N-methyl/N-ethyl adjacent to an activating group) is 1. The normalized spacial score (nSPS) is 21.0. The van der Waals surface area contributed by atoms with Gasteiger partial charge in [0.2, 0.25) is 0 Å². The zero-order valence-electron chi connectivity index (χ0n) is 12.0. The molecule has 3 nitrogen and oxygen atoms in total. The molecule has 0 aromatic heterocycles. The Morgan fingerprint density at radius 3 is 2.53 bits per heavy atom. The van der Waals surface area contributed by atoms with Gasteiger partial charge in [0.05, 0.1) is 0 Å². The van der Waals surface area contributed by atoms with Crippen LogP contribution in [0.2, 0.25) is 0 Å². The maximum absolute atomic E-state index is 5.89. The highest BCUT2D eigenvalue weighted by atomic mass is 15.1. The van der Waals surface area contributed by atoms with E-state index in [2.05, 4.69) is 30.8 Å². The Hall–Kier alpha value is -0.120. The van der Waals surface area contributed by atoms with Gasteiger partial charge in [-0.1, -0.05) is 19.8 Å². The molecule has 2 N–H and O–H groups in total. The van der Waals surface area contributed by atoms with E-state index < -0.39 is 0 Å². The molecule has 0 spiro atoms. The molecule has 0 radical (unpaired) electrons. The fraction of sp³-hybridized carbons (Fsp3) is 1.00. The lowest BCUT2D eigenvalue weighted by atomic mass is 9.95. The van der Waals surface area contributed by atoms with Crippen LogP contribution < -0.4 is 5.73 Å². The van der Waals surface area contributed by atoms with Gasteiger partial charge in [-0.3, -0.25) is 0 Å². The van der Waals surface area contributed by atoms with Gasteiger partial charge in [0.25, 0.3) is 0 Å². The highest BCUT2D eigenvalue weighted by molar-refractivity contribution is 4.76. The molecule has 0 saturated carbocycles. The third-order valence-electron chi connectivity index (χ3n) is 4.17. The Morgan fingerprint density at radius 1 is 1.35 bits per heavy atom. The molecule has 102 valence electrons. The molecule has 0 bridgehead atoms. The molecule has 0 aliphatic carbocycles. The van der Waals surface area contributed by atoms with Crippen LogP contribution in [0.5, 0.6) is 0 Å². The second-order valence-electron chi connectivity index (χ2n) is 5.72. The summed E-state index contributed by atoms with van der Waals surface area (Å²) in [7, 11) is 4.48. The van der Waals surface area contributed by atoms with E-state index in [-0.39, 0.29) is 0 Å². The minimum absolute atomic E-state index is 0.592. The Labute approximate surface area is 107 Å². The summed E-state index contributed by atoms with van der Waals surface area (Å²) in [5.74, 6) is 0.881. The third kappa shape index (κ3) is 5.36. The van der Waals surface area contributed by atoms with Crippen molar-refractivity contribution in [2.24, 2.45) is 11.7 Å². The van der Waals surface area contributed by atoms with Crippen LogP contribution in [-0.4, -0.2) is 56.1 Å². The van der Waals surface area contributed by atoms with E-state index in [9.17, 15) is 0 Å². The van der Waals surface area contributed by atoms with Crippen molar-refractivity contribution in [1.82, 2.24) is 9.80 Å². The zero-order chi connectivity index (χ0) is 12.7. The molecule has 1 atom stereocenters. The summed E-state index contributed by atoms with van der Waals surface area (Å²) in [6.07, 6.45) is 6.55. The molecule has 1 rings (SSSR count). The van der Waals surface area contributed by atoms with Gasteiger partial charge >= 0.3 is 0 Å². The number of piperidine rings is 1. The molecule has 1 aliphatic rings. The summed E-state index contributed by atoms with van der Waals surface area (Å²) < 4.78 is 0. The molecule has 0 aromatic rings. The molecule has 1 heterocycles. The predicted molar refractivity (Wildman–Crippen MR) is 75.2 cm³/mol. The van der Waals surface area contributed by atoms with E-state index in [1.54, 1.807) is 0 Å². The number of nitrogens with zero attached hydrogens (tertiary/aromatic N) is 2. The van der Waals surface area contributed by atoms with Crippen molar-refractivity contribution in [2.75, 3.05) is 40.3 Å². The highest BCUT2D eigenvalue weighted by Gasteiger charge is 2.21. The van der Waals surface area contributed by atoms with Gasteiger partial charge in [0.15, 0.2) is 0 Å². The summed E-state index contributed by atoms with van der Waals surface area (Å²) in [6.45, 7) is 6.83. The van der Waals surface area contributed by atoms with Crippen molar-refractivity contribution in [3.05, 3.63) is 0 Å². The van der Waals surface area contributed by atoms with Gasteiger partial charge in [-0.25, -0.2) is 0 Å². The van der Waals surface area contributed by atoms with E-state index in [1.165, 1.54) is 51.7 Å². The second-order valence-corrected chi connectivity index (χ2v) is 5.72. The molecule has 0 amide bonds. The van der Waals surface area contributed by atoms with E-state index in [1.807, 2.05) is 0 Å². The summed E-state index contributed by atoms with van der Waals surface area (Å²) in [5, 5.41) is 0. The summed E-state index contributed by atoms with van der Waals surface area (Å²) in [4.78, 5) is 4.94. The molecule has 1 fully saturated rings. The van der Waals surface area contributed by atoms with E-state index in [4.69, 9.17) is 5.73 Å². The van der Waals surface area contributed by atoms with Crippen LogP contribution in [0, 0.1) is 5.92 Å². The van der Waals surface area contributed by atoms with Gasteiger partial charge in [0.1, 0.15) is 0 Å². The molecule has 1 aliphatic heterocycles. The summed E-state index contributed by atoms with van der Waals surface area (Å²) >= 11 is 0. The van der Waals surface area contributed by atoms with Crippen LogP contribution in [0.1, 0.15) is 39.0 Å². The van der Waals surface area contributed by atoms with Crippen LogP contribution in [-0.2, 0) is 0 Å². The first kappa shape index (κ1) is 14.9.